The molecule has 0 unspecified atom stereocenters. The molecule has 0 aromatic heterocycles. The van der Waals surface area contributed by atoms with E-state index >= 15 is 0 Å². The maximum atomic E-state index is 8.48. The van der Waals surface area contributed by atoms with Crippen LogP contribution in [0.4, 0.5) is 5.69 Å². The Labute approximate surface area is 86.8 Å². The zero-order chi connectivity index (χ0) is 9.52. The van der Waals surface area contributed by atoms with Crippen LogP contribution in [0.2, 0.25) is 0 Å². The summed E-state index contributed by atoms with van der Waals surface area (Å²) in [6.45, 7) is 3.87. The molecule has 0 saturated heterocycles. The molecule has 14 heavy (non-hydrogen) atoms. The number of hydrogen-bond donors (Lipinski definition) is 0. The van der Waals surface area contributed by atoms with Crippen molar-refractivity contribution in [3.63, 3.8) is 0 Å². The van der Waals surface area contributed by atoms with E-state index in [0.29, 0.717) is 6.42 Å². The summed E-state index contributed by atoms with van der Waals surface area (Å²) in [4.78, 5) is 2.20. The van der Waals surface area contributed by atoms with E-state index in [1.54, 1.807) is 0 Å². The molecular weight excluding hydrogens is 172 g/mol. The molecule has 0 aliphatic heterocycles. The van der Waals surface area contributed by atoms with E-state index in [1.807, 2.05) is 18.2 Å². The second-order valence-corrected chi connectivity index (χ2v) is 2.82. The number of nitriles is 1. The summed E-state index contributed by atoms with van der Waals surface area (Å²) in [6.07, 6.45) is 0.586. The summed E-state index contributed by atoms with van der Waals surface area (Å²) >= 11 is 0. The zero-order valence-electron chi connectivity index (χ0n) is 7.90. The average molecular weight is 190 g/mol. The summed E-state index contributed by atoms with van der Waals surface area (Å²) in [7, 11) is 0. The Balaban J connectivity index is 0.00000169. The van der Waals surface area contributed by atoms with Gasteiger partial charge in [0.15, 0.2) is 0 Å². The normalized spacial score (nSPS) is 8.57. The van der Waals surface area contributed by atoms with E-state index in [2.05, 4.69) is 30.0 Å². The highest BCUT2D eigenvalue weighted by Crippen LogP contribution is 2.12. The molecule has 0 fully saturated rings. The van der Waals surface area contributed by atoms with Crippen molar-refractivity contribution >= 4 is 5.69 Å². The predicted molar refractivity (Wildman–Crippen MR) is 61.3 cm³/mol. The molecule has 76 valence electrons. The van der Waals surface area contributed by atoms with Gasteiger partial charge in [-0.1, -0.05) is 25.6 Å². The first-order valence-corrected chi connectivity index (χ1v) is 4.55. The van der Waals surface area contributed by atoms with Crippen molar-refractivity contribution in [2.75, 3.05) is 18.0 Å². The Hall–Kier alpha value is -1.49. The number of para-hydroxylation sites is 1. The molecule has 1 rings (SSSR count). The lowest BCUT2D eigenvalue weighted by molar-refractivity contribution is 0.827. The Morgan fingerprint density at radius 3 is 2.43 bits per heavy atom. The van der Waals surface area contributed by atoms with Crippen molar-refractivity contribution in [1.82, 2.24) is 0 Å². The summed E-state index contributed by atoms with van der Waals surface area (Å²) < 4.78 is 0. The van der Waals surface area contributed by atoms with Gasteiger partial charge in [0.1, 0.15) is 0 Å². The molecule has 0 saturated carbocycles. The van der Waals surface area contributed by atoms with E-state index in [1.165, 1.54) is 5.69 Å². The molecule has 2 nitrogen and oxygen atoms in total. The Morgan fingerprint density at radius 1 is 1.29 bits per heavy atom. The lowest BCUT2D eigenvalue weighted by atomic mass is 10.2. The first kappa shape index (κ1) is 12.5. The van der Waals surface area contributed by atoms with Crippen molar-refractivity contribution in [2.24, 2.45) is 0 Å². The molecule has 2 heteroatoms. The van der Waals surface area contributed by atoms with Gasteiger partial charge < -0.3 is 4.90 Å². The summed E-state index contributed by atoms with van der Waals surface area (Å²) in [5.74, 6) is 0. The Kier molecular flexibility index (Phi) is 6.22. The van der Waals surface area contributed by atoms with Gasteiger partial charge in [-0.3, -0.25) is 0 Å². The number of nitrogens with zero attached hydrogens (tertiary/aromatic N) is 2. The highest BCUT2D eigenvalue weighted by Gasteiger charge is 2.01. The van der Waals surface area contributed by atoms with Crippen LogP contribution in [-0.2, 0) is 0 Å². The van der Waals surface area contributed by atoms with Crippen LogP contribution in [0.25, 0.3) is 0 Å². The highest BCUT2D eigenvalue weighted by molar-refractivity contribution is 5.45. The van der Waals surface area contributed by atoms with E-state index in [4.69, 9.17) is 5.26 Å². The first-order valence-electron chi connectivity index (χ1n) is 4.55. The molecule has 0 aliphatic rings. The maximum Gasteiger partial charge on any atom is 0.0640 e. The molecule has 0 heterocycles. The fourth-order valence-corrected chi connectivity index (χ4v) is 1.29. The molecule has 0 spiro atoms. The van der Waals surface area contributed by atoms with Gasteiger partial charge in [-0.15, -0.1) is 0 Å². The van der Waals surface area contributed by atoms with Gasteiger partial charge in [0, 0.05) is 18.8 Å². The third-order valence-corrected chi connectivity index (χ3v) is 2.00. The standard InChI is InChI=1S/C11H14N2.CH4/c1-2-13(10-6-9-12)11-7-4-3-5-8-11;/h3-5,7-8H,2,6,10H2,1H3;1H4. The lowest BCUT2D eigenvalue weighted by Gasteiger charge is -2.21. The molecule has 0 amide bonds. The topological polar surface area (TPSA) is 27.0 Å². The van der Waals surface area contributed by atoms with Crippen LogP contribution in [0.3, 0.4) is 0 Å². The second-order valence-electron chi connectivity index (χ2n) is 2.82. The van der Waals surface area contributed by atoms with Crippen LogP contribution < -0.4 is 4.90 Å². The van der Waals surface area contributed by atoms with E-state index in [-0.39, 0.29) is 7.43 Å². The van der Waals surface area contributed by atoms with Gasteiger partial charge in [0.25, 0.3) is 0 Å². The van der Waals surface area contributed by atoms with Crippen LogP contribution in [-0.4, -0.2) is 13.1 Å². The summed E-state index contributed by atoms with van der Waals surface area (Å²) in [6, 6.07) is 12.3. The fraction of sp³-hybridized carbons (Fsp3) is 0.417. The van der Waals surface area contributed by atoms with Crippen molar-refractivity contribution in [3.05, 3.63) is 30.3 Å². The minimum atomic E-state index is 0. The van der Waals surface area contributed by atoms with Crippen molar-refractivity contribution in [2.45, 2.75) is 20.8 Å². The molecule has 0 N–H and O–H groups in total. The molecule has 0 aliphatic carbocycles. The highest BCUT2D eigenvalue weighted by atomic mass is 15.1. The second kappa shape index (κ2) is 6.97. The van der Waals surface area contributed by atoms with Crippen LogP contribution >= 0.6 is 0 Å². The van der Waals surface area contributed by atoms with Crippen molar-refractivity contribution in [1.29, 1.82) is 5.26 Å². The Morgan fingerprint density at radius 2 is 1.93 bits per heavy atom. The predicted octanol–water partition coefficient (Wildman–Crippen LogP) is 3.06. The van der Waals surface area contributed by atoms with Gasteiger partial charge in [-0.2, -0.15) is 5.26 Å². The molecule has 1 aromatic rings. The van der Waals surface area contributed by atoms with Gasteiger partial charge in [0.05, 0.1) is 12.5 Å². The minimum Gasteiger partial charge on any atom is -0.371 e. The monoisotopic (exact) mass is 190 g/mol. The third kappa shape index (κ3) is 3.49. The Bertz CT molecular complexity index is 274. The van der Waals surface area contributed by atoms with Crippen LogP contribution in [0, 0.1) is 11.3 Å². The van der Waals surface area contributed by atoms with Crippen molar-refractivity contribution in [3.8, 4) is 6.07 Å². The van der Waals surface area contributed by atoms with Crippen LogP contribution in [0.1, 0.15) is 20.8 Å². The largest absolute Gasteiger partial charge is 0.371 e. The molecule has 0 bridgehead atoms. The van der Waals surface area contributed by atoms with Crippen molar-refractivity contribution < 1.29 is 0 Å². The summed E-state index contributed by atoms with van der Waals surface area (Å²) in [5.41, 5.74) is 1.19. The quantitative estimate of drug-likeness (QED) is 0.729. The average Bonchev–Trinajstić information content (AvgIpc) is 2.21. The number of rotatable bonds is 4. The zero-order valence-corrected chi connectivity index (χ0v) is 7.90. The van der Waals surface area contributed by atoms with Gasteiger partial charge in [-0.25, -0.2) is 0 Å². The SMILES string of the molecule is C.CCN(CCC#N)c1ccccc1. The number of anilines is 1. The summed E-state index contributed by atoms with van der Waals surface area (Å²) in [5, 5.41) is 8.48. The van der Waals surface area contributed by atoms with Gasteiger partial charge >= 0.3 is 0 Å². The number of hydrogen-bond acceptors (Lipinski definition) is 2. The van der Waals surface area contributed by atoms with E-state index in [9.17, 15) is 0 Å². The smallest absolute Gasteiger partial charge is 0.0640 e. The maximum absolute atomic E-state index is 8.48. The minimum absolute atomic E-state index is 0. The molecule has 0 atom stereocenters. The molecule has 0 radical (unpaired) electrons. The van der Waals surface area contributed by atoms with E-state index < -0.39 is 0 Å². The first-order chi connectivity index (χ1) is 6.38. The van der Waals surface area contributed by atoms with Gasteiger partial charge in [-0.05, 0) is 19.1 Å². The van der Waals surface area contributed by atoms with Gasteiger partial charge in [0.2, 0.25) is 0 Å². The third-order valence-electron chi connectivity index (χ3n) is 2.00. The van der Waals surface area contributed by atoms with Crippen LogP contribution in [0.5, 0.6) is 0 Å². The van der Waals surface area contributed by atoms with Crippen LogP contribution in [0.15, 0.2) is 30.3 Å². The molecule has 1 aromatic carbocycles. The molecular formula is C12H18N2. The lowest BCUT2D eigenvalue weighted by Crippen LogP contribution is -2.23. The van der Waals surface area contributed by atoms with E-state index in [0.717, 1.165) is 13.1 Å². The fourth-order valence-electron chi connectivity index (χ4n) is 1.29. The number of benzene rings is 1.